The van der Waals surface area contributed by atoms with Gasteiger partial charge in [-0.2, -0.15) is 0 Å². The van der Waals surface area contributed by atoms with Crippen molar-refractivity contribution < 1.29 is 9.84 Å². The van der Waals surface area contributed by atoms with Gasteiger partial charge in [-0.25, -0.2) is 0 Å². The normalized spacial score (nSPS) is 17.0. The Morgan fingerprint density at radius 1 is 1.18 bits per heavy atom. The fraction of sp³-hybridized carbons (Fsp3) is 0.467. The predicted molar refractivity (Wildman–Crippen MR) is 71.1 cm³/mol. The van der Waals surface area contributed by atoms with Crippen LogP contribution in [0, 0.1) is 5.41 Å². The zero-order valence-corrected chi connectivity index (χ0v) is 11.1. The first-order chi connectivity index (χ1) is 7.79. The van der Waals surface area contributed by atoms with Crippen LogP contribution < -0.4 is 4.74 Å². The molecule has 0 fully saturated rings. The number of para-hydroxylation sites is 1. The maximum Gasteiger partial charge on any atom is 0.145 e. The fourth-order valence-electron chi connectivity index (χ4n) is 1.46. The molecule has 0 saturated heterocycles. The molecule has 2 heteroatoms. The molecule has 1 rings (SSSR count). The minimum atomic E-state index is -0.982. The Morgan fingerprint density at radius 2 is 1.71 bits per heavy atom. The summed E-state index contributed by atoms with van der Waals surface area (Å²) in [6.07, 6.45) is 1.21. The molecule has 2 atom stereocenters. The summed E-state index contributed by atoms with van der Waals surface area (Å²) in [7, 11) is 0. The second-order valence-electron chi connectivity index (χ2n) is 5.48. The van der Waals surface area contributed by atoms with Gasteiger partial charge in [0, 0.05) is 0 Å². The number of hydrogen-bond donors (Lipinski definition) is 1. The highest BCUT2D eigenvalue weighted by Crippen LogP contribution is 2.35. The molecule has 0 unspecified atom stereocenters. The quantitative estimate of drug-likeness (QED) is 0.809. The minimum absolute atomic E-state index is 0.291. The van der Waals surface area contributed by atoms with E-state index in [1.54, 1.807) is 13.0 Å². The first-order valence-electron chi connectivity index (χ1n) is 5.85. The zero-order valence-electron chi connectivity index (χ0n) is 11.1. The van der Waals surface area contributed by atoms with E-state index in [0.29, 0.717) is 0 Å². The molecular formula is C15H22O2. The highest BCUT2D eigenvalue weighted by Gasteiger charge is 2.42. The SMILES string of the molecule is C=C[C@H](Oc1ccccc1)[C@](C)(O)C(C)(C)C. The molecule has 1 N–H and O–H groups in total. The van der Waals surface area contributed by atoms with Gasteiger partial charge < -0.3 is 9.84 Å². The highest BCUT2D eigenvalue weighted by atomic mass is 16.5. The first-order valence-corrected chi connectivity index (χ1v) is 5.85. The van der Waals surface area contributed by atoms with Crippen molar-refractivity contribution >= 4 is 0 Å². The van der Waals surface area contributed by atoms with E-state index >= 15 is 0 Å². The molecule has 17 heavy (non-hydrogen) atoms. The van der Waals surface area contributed by atoms with E-state index < -0.39 is 11.7 Å². The van der Waals surface area contributed by atoms with Crippen molar-refractivity contribution in [3.05, 3.63) is 43.0 Å². The molecule has 0 aliphatic rings. The summed E-state index contributed by atoms with van der Waals surface area (Å²) in [4.78, 5) is 0. The van der Waals surface area contributed by atoms with E-state index in [2.05, 4.69) is 6.58 Å². The van der Waals surface area contributed by atoms with Gasteiger partial charge in [0.2, 0.25) is 0 Å². The van der Waals surface area contributed by atoms with Gasteiger partial charge in [-0.15, -0.1) is 0 Å². The van der Waals surface area contributed by atoms with Gasteiger partial charge in [0.15, 0.2) is 0 Å². The molecule has 0 radical (unpaired) electrons. The summed E-state index contributed by atoms with van der Waals surface area (Å²) in [5.74, 6) is 0.738. The van der Waals surface area contributed by atoms with Crippen molar-refractivity contribution in [3.63, 3.8) is 0 Å². The lowest BCUT2D eigenvalue weighted by Crippen LogP contribution is -2.51. The van der Waals surface area contributed by atoms with Crippen molar-refractivity contribution in [1.29, 1.82) is 0 Å². The average Bonchev–Trinajstić information content (AvgIpc) is 2.25. The van der Waals surface area contributed by atoms with Crippen molar-refractivity contribution in [2.24, 2.45) is 5.41 Å². The van der Waals surface area contributed by atoms with Gasteiger partial charge in [0.1, 0.15) is 17.5 Å². The monoisotopic (exact) mass is 234 g/mol. The molecule has 0 aromatic heterocycles. The Labute approximate surface area is 104 Å². The predicted octanol–water partition coefficient (Wildman–Crippen LogP) is 3.42. The molecule has 0 heterocycles. The molecule has 0 aliphatic heterocycles. The third-order valence-corrected chi connectivity index (χ3v) is 3.29. The van der Waals surface area contributed by atoms with E-state index in [0.717, 1.165) is 5.75 Å². The lowest BCUT2D eigenvalue weighted by Gasteiger charge is -2.41. The van der Waals surface area contributed by atoms with Crippen LogP contribution in [0.3, 0.4) is 0 Å². The zero-order chi connectivity index (χ0) is 13.1. The molecule has 0 saturated carbocycles. The summed E-state index contributed by atoms with van der Waals surface area (Å²) >= 11 is 0. The van der Waals surface area contributed by atoms with Crippen LogP contribution in [-0.4, -0.2) is 16.8 Å². The first kappa shape index (κ1) is 13.8. The lowest BCUT2D eigenvalue weighted by molar-refractivity contribution is -0.101. The van der Waals surface area contributed by atoms with Crippen molar-refractivity contribution in [2.45, 2.75) is 39.4 Å². The molecule has 0 amide bonds. The number of hydrogen-bond acceptors (Lipinski definition) is 2. The summed E-state index contributed by atoms with van der Waals surface area (Å²) in [5, 5.41) is 10.6. The Kier molecular flexibility index (Phi) is 3.99. The van der Waals surface area contributed by atoms with Gasteiger partial charge in [0.05, 0.1) is 0 Å². The molecule has 1 aromatic rings. The van der Waals surface area contributed by atoms with Gasteiger partial charge in [0.25, 0.3) is 0 Å². The van der Waals surface area contributed by atoms with Crippen molar-refractivity contribution in [1.82, 2.24) is 0 Å². The summed E-state index contributed by atoms with van der Waals surface area (Å²) in [6, 6.07) is 9.48. The lowest BCUT2D eigenvalue weighted by atomic mass is 9.74. The molecule has 0 bridgehead atoms. The van der Waals surface area contributed by atoms with Crippen LogP contribution in [0.4, 0.5) is 0 Å². The van der Waals surface area contributed by atoms with E-state index in [4.69, 9.17) is 4.74 Å². The molecule has 0 aliphatic carbocycles. The maximum absolute atomic E-state index is 10.6. The van der Waals surface area contributed by atoms with E-state index in [1.807, 2.05) is 51.1 Å². The molecule has 0 spiro atoms. The van der Waals surface area contributed by atoms with Crippen molar-refractivity contribution in [3.8, 4) is 5.75 Å². The summed E-state index contributed by atoms with van der Waals surface area (Å²) in [6.45, 7) is 11.5. The maximum atomic E-state index is 10.6. The minimum Gasteiger partial charge on any atom is -0.483 e. The number of benzene rings is 1. The Bertz CT molecular complexity index is 360. The summed E-state index contributed by atoms with van der Waals surface area (Å²) < 4.78 is 5.79. The largest absolute Gasteiger partial charge is 0.483 e. The van der Waals surface area contributed by atoms with Crippen LogP contribution in [0.1, 0.15) is 27.7 Å². The van der Waals surface area contributed by atoms with Gasteiger partial charge >= 0.3 is 0 Å². The Morgan fingerprint density at radius 3 is 2.12 bits per heavy atom. The third-order valence-electron chi connectivity index (χ3n) is 3.29. The smallest absolute Gasteiger partial charge is 0.145 e. The average molecular weight is 234 g/mol. The molecule has 1 aromatic carbocycles. The standard InChI is InChI=1S/C15H22O2/c1-6-13(15(5,16)14(2,3)4)17-12-10-8-7-9-11-12/h6-11,13,16H,1H2,2-5H3/t13-,15-/m0/s1. The summed E-state index contributed by atoms with van der Waals surface area (Å²) in [5.41, 5.74) is -1.27. The van der Waals surface area contributed by atoms with Gasteiger partial charge in [-0.1, -0.05) is 45.5 Å². The second kappa shape index (κ2) is 4.92. The topological polar surface area (TPSA) is 29.5 Å². The Balaban J connectivity index is 2.90. The van der Waals surface area contributed by atoms with E-state index in [-0.39, 0.29) is 5.41 Å². The second-order valence-corrected chi connectivity index (χ2v) is 5.48. The van der Waals surface area contributed by atoms with E-state index in [1.165, 1.54) is 0 Å². The van der Waals surface area contributed by atoms with E-state index in [9.17, 15) is 5.11 Å². The molecular weight excluding hydrogens is 212 g/mol. The van der Waals surface area contributed by atoms with Crippen LogP contribution in [0.15, 0.2) is 43.0 Å². The highest BCUT2D eigenvalue weighted by molar-refractivity contribution is 5.22. The van der Waals surface area contributed by atoms with Gasteiger partial charge in [-0.3, -0.25) is 0 Å². The number of aliphatic hydroxyl groups is 1. The van der Waals surface area contributed by atoms with Crippen LogP contribution in [0.2, 0.25) is 0 Å². The van der Waals surface area contributed by atoms with Crippen LogP contribution in [-0.2, 0) is 0 Å². The van der Waals surface area contributed by atoms with Gasteiger partial charge in [-0.05, 0) is 30.5 Å². The van der Waals surface area contributed by atoms with Crippen molar-refractivity contribution in [2.75, 3.05) is 0 Å². The molecule has 94 valence electrons. The molecule has 2 nitrogen and oxygen atoms in total. The van der Waals surface area contributed by atoms with Crippen LogP contribution >= 0.6 is 0 Å². The Hall–Kier alpha value is -1.28. The third kappa shape index (κ3) is 3.10. The number of ether oxygens (including phenoxy) is 1. The number of rotatable bonds is 4. The van der Waals surface area contributed by atoms with Crippen LogP contribution in [0.25, 0.3) is 0 Å². The van der Waals surface area contributed by atoms with Crippen LogP contribution in [0.5, 0.6) is 5.75 Å². The fourth-order valence-corrected chi connectivity index (χ4v) is 1.46.